The van der Waals surface area contributed by atoms with E-state index >= 15 is 0 Å². The Morgan fingerprint density at radius 2 is 2.03 bits per heavy atom. The molecular formula is C18H24ClF3N6S. The molecule has 0 radical (unpaired) electrons. The van der Waals surface area contributed by atoms with Gasteiger partial charge in [0.15, 0.2) is 10.8 Å². The molecule has 0 spiro atoms. The zero-order valence-corrected chi connectivity index (χ0v) is 17.9. The van der Waals surface area contributed by atoms with Crippen LogP contribution in [0.2, 0.25) is 5.02 Å². The molecule has 160 valence electrons. The van der Waals surface area contributed by atoms with E-state index in [1.807, 2.05) is 24.7 Å². The Morgan fingerprint density at radius 3 is 2.62 bits per heavy atom. The van der Waals surface area contributed by atoms with E-state index in [9.17, 15) is 13.2 Å². The molecule has 0 aliphatic heterocycles. The van der Waals surface area contributed by atoms with Crippen LogP contribution < -0.4 is 10.6 Å². The number of hydrogen-bond acceptors (Lipinski definition) is 3. The monoisotopic (exact) mass is 448 g/mol. The minimum atomic E-state index is -4.54. The van der Waals surface area contributed by atoms with Crippen LogP contribution in [0.25, 0.3) is 0 Å². The van der Waals surface area contributed by atoms with Gasteiger partial charge in [-0.25, -0.2) is 0 Å². The topological polar surface area (TPSA) is 59.7 Å². The number of nitrogens with one attached hydrogen (secondary N) is 2. The maximum absolute atomic E-state index is 13.1. The molecule has 29 heavy (non-hydrogen) atoms. The minimum absolute atomic E-state index is 0.0779. The Bertz CT molecular complexity index is 872. The summed E-state index contributed by atoms with van der Waals surface area (Å²) in [4.78, 5) is 0. The zero-order valence-electron chi connectivity index (χ0n) is 16.3. The third-order valence-electron chi connectivity index (χ3n) is 4.81. The summed E-state index contributed by atoms with van der Waals surface area (Å²) in [6.07, 6.45) is -0.293. The standard InChI is InChI=1S/C18H24ClF3N6S/c1-3-27-10-13(11(2)25-27)9-24-17(29)23-7-4-8-28-15(12-5-6-12)14(19)16(26-28)18(20,21)22/h10,12H,3-9H2,1-2H3,(H2,23,24,29). The Kier molecular flexibility index (Phi) is 6.72. The number of alkyl halides is 3. The fraction of sp³-hybridized carbons (Fsp3) is 0.611. The van der Waals surface area contributed by atoms with Gasteiger partial charge in [0.25, 0.3) is 0 Å². The maximum Gasteiger partial charge on any atom is 0.436 e. The number of halogens is 4. The predicted octanol–water partition coefficient (Wildman–Crippen LogP) is 4.01. The van der Waals surface area contributed by atoms with Crippen molar-refractivity contribution in [2.24, 2.45) is 0 Å². The smallest absolute Gasteiger partial charge is 0.363 e. The van der Waals surface area contributed by atoms with E-state index in [-0.39, 0.29) is 10.9 Å². The molecule has 2 aromatic rings. The van der Waals surface area contributed by atoms with Crippen LogP contribution in [0.5, 0.6) is 0 Å². The second-order valence-corrected chi connectivity index (χ2v) is 7.89. The first-order valence-corrected chi connectivity index (χ1v) is 10.4. The molecule has 0 atom stereocenters. The Hall–Kier alpha value is -1.81. The number of aryl methyl sites for hydroxylation is 3. The van der Waals surface area contributed by atoms with Gasteiger partial charge < -0.3 is 10.6 Å². The molecule has 2 heterocycles. The van der Waals surface area contributed by atoms with Gasteiger partial charge in [-0.3, -0.25) is 9.36 Å². The van der Waals surface area contributed by atoms with Gasteiger partial charge in [0.1, 0.15) is 0 Å². The molecule has 11 heteroatoms. The van der Waals surface area contributed by atoms with Crippen molar-refractivity contribution in [2.45, 2.75) is 64.8 Å². The van der Waals surface area contributed by atoms with Gasteiger partial charge in [-0.15, -0.1) is 0 Å². The molecule has 3 rings (SSSR count). The second kappa shape index (κ2) is 8.91. The van der Waals surface area contributed by atoms with Crippen molar-refractivity contribution in [3.05, 3.63) is 33.9 Å². The minimum Gasteiger partial charge on any atom is -0.363 e. The van der Waals surface area contributed by atoms with Crippen LogP contribution in [0.3, 0.4) is 0 Å². The lowest BCUT2D eigenvalue weighted by molar-refractivity contribution is -0.141. The van der Waals surface area contributed by atoms with Crippen molar-refractivity contribution < 1.29 is 13.2 Å². The van der Waals surface area contributed by atoms with E-state index in [0.29, 0.717) is 36.9 Å². The van der Waals surface area contributed by atoms with E-state index in [1.165, 1.54) is 4.68 Å². The number of thiocarbonyl (C=S) groups is 1. The largest absolute Gasteiger partial charge is 0.436 e. The van der Waals surface area contributed by atoms with E-state index in [0.717, 1.165) is 30.6 Å². The van der Waals surface area contributed by atoms with E-state index in [2.05, 4.69) is 20.8 Å². The molecule has 0 aromatic carbocycles. The van der Waals surface area contributed by atoms with Gasteiger partial charge >= 0.3 is 6.18 Å². The molecule has 0 saturated heterocycles. The van der Waals surface area contributed by atoms with Crippen LogP contribution in [0.15, 0.2) is 6.20 Å². The van der Waals surface area contributed by atoms with Crippen LogP contribution in [-0.2, 0) is 25.8 Å². The van der Waals surface area contributed by atoms with Crippen molar-refractivity contribution in [2.75, 3.05) is 6.54 Å². The zero-order chi connectivity index (χ0) is 21.2. The molecular weight excluding hydrogens is 425 g/mol. The molecule has 6 nitrogen and oxygen atoms in total. The number of aromatic nitrogens is 4. The average Bonchev–Trinajstić information content (AvgIpc) is 3.33. The lowest BCUT2D eigenvalue weighted by Gasteiger charge is -2.11. The number of nitrogens with zero attached hydrogens (tertiary/aromatic N) is 4. The highest BCUT2D eigenvalue weighted by atomic mass is 35.5. The summed E-state index contributed by atoms with van der Waals surface area (Å²) in [5.41, 5.74) is 1.53. The van der Waals surface area contributed by atoms with Gasteiger partial charge in [0.05, 0.1) is 16.4 Å². The summed E-state index contributed by atoms with van der Waals surface area (Å²) < 4.78 is 42.6. The summed E-state index contributed by atoms with van der Waals surface area (Å²) in [5.74, 6) is 0.0779. The van der Waals surface area contributed by atoms with Crippen molar-refractivity contribution in [3.63, 3.8) is 0 Å². The summed E-state index contributed by atoms with van der Waals surface area (Å²) in [5, 5.41) is 14.5. The lowest BCUT2D eigenvalue weighted by Crippen LogP contribution is -2.35. The first-order valence-electron chi connectivity index (χ1n) is 9.58. The van der Waals surface area contributed by atoms with Gasteiger partial charge in [-0.05, 0) is 45.3 Å². The van der Waals surface area contributed by atoms with Crippen LogP contribution in [0.1, 0.15) is 54.7 Å². The van der Waals surface area contributed by atoms with Gasteiger partial charge in [-0.2, -0.15) is 23.4 Å². The molecule has 0 bridgehead atoms. The van der Waals surface area contributed by atoms with E-state index in [4.69, 9.17) is 23.8 Å². The molecule has 2 aromatic heterocycles. The highest BCUT2D eigenvalue weighted by Crippen LogP contribution is 2.46. The van der Waals surface area contributed by atoms with Crippen molar-refractivity contribution in [1.29, 1.82) is 0 Å². The van der Waals surface area contributed by atoms with Crippen LogP contribution in [0, 0.1) is 6.92 Å². The van der Waals surface area contributed by atoms with Crippen LogP contribution >= 0.6 is 23.8 Å². The van der Waals surface area contributed by atoms with E-state index < -0.39 is 11.9 Å². The molecule has 2 N–H and O–H groups in total. The molecule has 1 saturated carbocycles. The highest BCUT2D eigenvalue weighted by Gasteiger charge is 2.41. The molecule has 0 amide bonds. The first-order chi connectivity index (χ1) is 13.7. The first kappa shape index (κ1) is 21.9. The average molecular weight is 449 g/mol. The SMILES string of the molecule is CCn1cc(CNC(=S)NCCCn2nc(C(F)(F)F)c(Cl)c2C2CC2)c(C)n1. The van der Waals surface area contributed by atoms with Crippen LogP contribution in [-0.4, -0.2) is 31.2 Å². The van der Waals surface area contributed by atoms with Crippen molar-refractivity contribution >= 4 is 28.9 Å². The highest BCUT2D eigenvalue weighted by molar-refractivity contribution is 7.80. The van der Waals surface area contributed by atoms with Gasteiger partial charge in [0, 0.05) is 43.9 Å². The molecule has 0 unspecified atom stereocenters. The third kappa shape index (κ3) is 5.42. The van der Waals surface area contributed by atoms with Crippen molar-refractivity contribution in [1.82, 2.24) is 30.2 Å². The van der Waals surface area contributed by atoms with Crippen LogP contribution in [0.4, 0.5) is 13.2 Å². The molecule has 1 aliphatic rings. The van der Waals surface area contributed by atoms with E-state index in [1.54, 1.807) is 0 Å². The van der Waals surface area contributed by atoms with Crippen molar-refractivity contribution in [3.8, 4) is 0 Å². The predicted molar refractivity (Wildman–Crippen MR) is 109 cm³/mol. The van der Waals surface area contributed by atoms with Gasteiger partial charge in [0.2, 0.25) is 0 Å². The Labute approximate surface area is 177 Å². The summed E-state index contributed by atoms with van der Waals surface area (Å²) >= 11 is 11.3. The number of hydrogen-bond donors (Lipinski definition) is 2. The fourth-order valence-electron chi connectivity index (χ4n) is 3.11. The third-order valence-corrected chi connectivity index (χ3v) is 5.47. The Balaban J connectivity index is 1.48. The fourth-order valence-corrected chi connectivity index (χ4v) is 3.69. The Morgan fingerprint density at radius 1 is 1.31 bits per heavy atom. The molecule has 1 aliphatic carbocycles. The summed E-state index contributed by atoms with van der Waals surface area (Å²) in [6.45, 7) is 6.20. The quantitative estimate of drug-likeness (QED) is 0.472. The summed E-state index contributed by atoms with van der Waals surface area (Å²) in [6, 6.07) is 0. The normalized spacial score (nSPS) is 14.3. The van der Waals surface area contributed by atoms with Gasteiger partial charge in [-0.1, -0.05) is 11.6 Å². The molecule has 1 fully saturated rings. The maximum atomic E-state index is 13.1. The number of rotatable bonds is 8. The lowest BCUT2D eigenvalue weighted by atomic mass is 10.2. The summed E-state index contributed by atoms with van der Waals surface area (Å²) in [7, 11) is 0. The second-order valence-electron chi connectivity index (χ2n) is 7.10.